The van der Waals surface area contributed by atoms with Crippen molar-refractivity contribution in [2.24, 2.45) is 0 Å². The molecule has 5 rings (SSSR count). The van der Waals surface area contributed by atoms with Crippen LogP contribution in [-0.2, 0) is 19.4 Å². The van der Waals surface area contributed by atoms with Gasteiger partial charge in [0.1, 0.15) is 0 Å². The van der Waals surface area contributed by atoms with Gasteiger partial charge in [0, 0.05) is 21.6 Å². The van der Waals surface area contributed by atoms with E-state index in [0.29, 0.717) is 17.5 Å². The minimum absolute atomic E-state index is 0.196. The van der Waals surface area contributed by atoms with Crippen molar-refractivity contribution in [1.82, 2.24) is 25.2 Å². The first-order valence-electron chi connectivity index (χ1n) is 9.66. The predicted molar refractivity (Wildman–Crippen MR) is 105 cm³/mol. The van der Waals surface area contributed by atoms with Gasteiger partial charge in [0.25, 0.3) is 5.91 Å². The molecule has 0 saturated heterocycles. The van der Waals surface area contributed by atoms with Crippen LogP contribution in [0.1, 0.15) is 65.1 Å². The van der Waals surface area contributed by atoms with Crippen LogP contribution in [0.25, 0.3) is 5.69 Å². The van der Waals surface area contributed by atoms with Crippen LogP contribution in [0.15, 0.2) is 33.3 Å². The van der Waals surface area contributed by atoms with Gasteiger partial charge in [-0.3, -0.25) is 4.79 Å². The summed E-state index contributed by atoms with van der Waals surface area (Å²) in [4.78, 5) is 17.2. The van der Waals surface area contributed by atoms with Crippen LogP contribution >= 0.6 is 15.9 Å². The van der Waals surface area contributed by atoms with E-state index in [-0.39, 0.29) is 12.5 Å². The van der Waals surface area contributed by atoms with Gasteiger partial charge in [-0.15, -0.1) is 0 Å². The number of halogens is 1. The molecule has 0 aliphatic heterocycles. The molecule has 1 aromatic carbocycles. The summed E-state index contributed by atoms with van der Waals surface area (Å²) >= 11 is 3.51. The lowest BCUT2D eigenvalue weighted by Gasteiger charge is -2.14. The molecule has 1 fully saturated rings. The number of carbonyl (C=O) groups is 1. The number of rotatable bonds is 5. The monoisotopic (exact) mass is 441 g/mol. The number of aromatic nitrogens is 4. The molecule has 2 aliphatic carbocycles. The Labute approximate surface area is 170 Å². The van der Waals surface area contributed by atoms with Crippen LogP contribution in [0.5, 0.6) is 0 Å². The zero-order valence-corrected chi connectivity index (χ0v) is 16.9. The van der Waals surface area contributed by atoms with E-state index in [2.05, 4.69) is 36.5 Å². The number of carbonyl (C=O) groups excluding carboxylic acids is 1. The average Bonchev–Trinajstić information content (AvgIpc) is 3.32. The van der Waals surface area contributed by atoms with Gasteiger partial charge in [-0.1, -0.05) is 27.2 Å². The smallest absolute Gasteiger partial charge is 0.272 e. The molecule has 3 aromatic rings. The summed E-state index contributed by atoms with van der Waals surface area (Å²) in [5.74, 6) is 1.43. The Morgan fingerprint density at radius 3 is 2.96 bits per heavy atom. The molecular formula is C20H20BrN5O2. The van der Waals surface area contributed by atoms with Crippen molar-refractivity contribution in [3.63, 3.8) is 0 Å². The van der Waals surface area contributed by atoms with Crippen molar-refractivity contribution >= 4 is 21.8 Å². The van der Waals surface area contributed by atoms with Gasteiger partial charge in [-0.25, -0.2) is 4.68 Å². The molecular weight excluding hydrogens is 422 g/mol. The van der Waals surface area contributed by atoms with E-state index in [9.17, 15) is 4.79 Å². The molecule has 1 saturated carbocycles. The number of nitrogens with one attached hydrogen (secondary N) is 1. The van der Waals surface area contributed by atoms with E-state index in [1.807, 2.05) is 28.9 Å². The Morgan fingerprint density at radius 1 is 1.29 bits per heavy atom. The molecule has 1 amide bonds. The van der Waals surface area contributed by atoms with E-state index >= 15 is 0 Å². The SMILES string of the molecule is O=C(NCc1nc(C2CC2)no1)c1nn(-c2cccc(Br)c2)c2c1CCCC2. The van der Waals surface area contributed by atoms with E-state index in [1.54, 1.807) is 0 Å². The molecule has 28 heavy (non-hydrogen) atoms. The van der Waals surface area contributed by atoms with E-state index in [4.69, 9.17) is 4.52 Å². The lowest BCUT2D eigenvalue weighted by Crippen LogP contribution is -2.25. The minimum atomic E-state index is -0.196. The largest absolute Gasteiger partial charge is 0.342 e. The van der Waals surface area contributed by atoms with Crippen molar-refractivity contribution in [3.05, 3.63) is 57.4 Å². The molecule has 0 radical (unpaired) electrons. The molecule has 0 spiro atoms. The second kappa shape index (κ2) is 7.16. The topological polar surface area (TPSA) is 85.8 Å². The van der Waals surface area contributed by atoms with E-state index in [0.717, 1.165) is 65.8 Å². The van der Waals surface area contributed by atoms with Crippen LogP contribution in [-0.4, -0.2) is 25.8 Å². The summed E-state index contributed by atoms with van der Waals surface area (Å²) in [6, 6.07) is 7.98. The number of amides is 1. The number of benzene rings is 1. The zero-order chi connectivity index (χ0) is 19.1. The average molecular weight is 442 g/mol. The highest BCUT2D eigenvalue weighted by atomic mass is 79.9. The Kier molecular flexibility index (Phi) is 4.50. The fourth-order valence-electron chi connectivity index (χ4n) is 3.69. The lowest BCUT2D eigenvalue weighted by atomic mass is 9.95. The van der Waals surface area contributed by atoms with Crippen LogP contribution < -0.4 is 5.32 Å². The van der Waals surface area contributed by atoms with Crippen molar-refractivity contribution in [2.75, 3.05) is 0 Å². The van der Waals surface area contributed by atoms with Crippen molar-refractivity contribution in [3.8, 4) is 5.69 Å². The fourth-order valence-corrected chi connectivity index (χ4v) is 4.08. The number of fused-ring (bicyclic) bond motifs is 1. The first-order valence-corrected chi connectivity index (χ1v) is 10.5. The van der Waals surface area contributed by atoms with E-state index < -0.39 is 0 Å². The first-order chi connectivity index (χ1) is 13.7. The van der Waals surface area contributed by atoms with Crippen LogP contribution in [0, 0.1) is 0 Å². The molecule has 2 aromatic heterocycles. The maximum absolute atomic E-state index is 12.9. The molecule has 8 heteroatoms. The molecule has 0 unspecified atom stereocenters. The van der Waals surface area contributed by atoms with Crippen molar-refractivity contribution in [1.29, 1.82) is 0 Å². The third-order valence-electron chi connectivity index (χ3n) is 5.27. The molecule has 144 valence electrons. The standard InChI is InChI=1S/C20H20BrN5O2/c21-13-4-3-5-14(10-13)26-16-7-2-1-6-15(16)18(24-26)20(27)22-11-17-23-19(25-28-17)12-8-9-12/h3-5,10,12H,1-2,6-9,11H2,(H,22,27). The molecule has 0 bridgehead atoms. The van der Waals surface area contributed by atoms with Crippen LogP contribution in [0.3, 0.4) is 0 Å². The molecule has 0 atom stereocenters. The van der Waals surface area contributed by atoms with Crippen LogP contribution in [0.2, 0.25) is 0 Å². The summed E-state index contributed by atoms with van der Waals surface area (Å²) in [6.07, 6.45) is 6.22. The third-order valence-corrected chi connectivity index (χ3v) is 5.77. The first kappa shape index (κ1) is 17.6. The maximum Gasteiger partial charge on any atom is 0.272 e. The quantitative estimate of drug-likeness (QED) is 0.651. The van der Waals surface area contributed by atoms with Gasteiger partial charge >= 0.3 is 0 Å². The second-order valence-electron chi connectivity index (χ2n) is 7.38. The Bertz CT molecular complexity index is 1040. The van der Waals surface area contributed by atoms with Gasteiger partial charge in [-0.05, 0) is 56.7 Å². The highest BCUT2D eigenvalue weighted by molar-refractivity contribution is 9.10. The number of nitrogens with zero attached hydrogens (tertiary/aromatic N) is 4. The van der Waals surface area contributed by atoms with Gasteiger partial charge in [0.05, 0.1) is 12.2 Å². The Morgan fingerprint density at radius 2 is 2.14 bits per heavy atom. The zero-order valence-electron chi connectivity index (χ0n) is 15.3. The van der Waals surface area contributed by atoms with Gasteiger partial charge in [-0.2, -0.15) is 10.1 Å². The lowest BCUT2D eigenvalue weighted by molar-refractivity contribution is 0.0940. The molecule has 2 heterocycles. The molecule has 7 nitrogen and oxygen atoms in total. The molecule has 1 N–H and O–H groups in total. The van der Waals surface area contributed by atoms with E-state index in [1.165, 1.54) is 0 Å². The second-order valence-corrected chi connectivity index (χ2v) is 8.29. The van der Waals surface area contributed by atoms with Gasteiger partial charge < -0.3 is 9.84 Å². The number of hydrogen-bond acceptors (Lipinski definition) is 5. The summed E-state index contributed by atoms with van der Waals surface area (Å²) in [5, 5.41) is 11.6. The maximum atomic E-state index is 12.9. The summed E-state index contributed by atoms with van der Waals surface area (Å²) in [7, 11) is 0. The Hall–Kier alpha value is -2.48. The summed E-state index contributed by atoms with van der Waals surface area (Å²) < 4.78 is 8.14. The highest BCUT2D eigenvalue weighted by Gasteiger charge is 2.29. The van der Waals surface area contributed by atoms with Gasteiger partial charge in [0.2, 0.25) is 5.89 Å². The summed E-state index contributed by atoms with van der Waals surface area (Å²) in [5.41, 5.74) is 3.63. The third kappa shape index (κ3) is 3.37. The minimum Gasteiger partial charge on any atom is -0.342 e. The summed E-state index contributed by atoms with van der Waals surface area (Å²) in [6.45, 7) is 0.219. The number of hydrogen-bond donors (Lipinski definition) is 1. The Balaban J connectivity index is 1.39. The van der Waals surface area contributed by atoms with Crippen molar-refractivity contribution in [2.45, 2.75) is 51.0 Å². The molecule has 2 aliphatic rings. The van der Waals surface area contributed by atoms with Gasteiger partial charge in [0.15, 0.2) is 11.5 Å². The van der Waals surface area contributed by atoms with Crippen LogP contribution in [0.4, 0.5) is 0 Å². The fraction of sp³-hybridized carbons (Fsp3) is 0.400. The van der Waals surface area contributed by atoms with Crippen molar-refractivity contribution < 1.29 is 9.32 Å². The normalized spacial score (nSPS) is 16.0. The highest BCUT2D eigenvalue weighted by Crippen LogP contribution is 2.38. The predicted octanol–water partition coefficient (Wildman–Crippen LogP) is 3.70.